The predicted molar refractivity (Wildman–Crippen MR) is 119 cm³/mol. The lowest BCUT2D eigenvalue weighted by Gasteiger charge is -2.23. The second-order valence-corrected chi connectivity index (χ2v) is 8.58. The summed E-state index contributed by atoms with van der Waals surface area (Å²) in [7, 11) is 0. The van der Waals surface area contributed by atoms with Crippen molar-refractivity contribution in [1.82, 2.24) is 15.5 Å². The average Bonchev–Trinajstić information content (AvgIpc) is 3.29. The number of rotatable bonds is 4. The highest BCUT2D eigenvalue weighted by Gasteiger charge is 2.49. The molecular formula is C24H26N4O4. The van der Waals surface area contributed by atoms with Gasteiger partial charge >= 0.3 is 12.1 Å². The van der Waals surface area contributed by atoms with Crippen molar-refractivity contribution in [2.24, 2.45) is 0 Å². The zero-order valence-electron chi connectivity index (χ0n) is 18.4. The largest absolute Gasteiger partial charge is 0.325 e. The lowest BCUT2D eigenvalue weighted by Crippen LogP contribution is -2.45. The first-order valence-electron chi connectivity index (χ1n) is 10.6. The number of urea groups is 2. The smallest absolute Gasteiger partial charge is 0.319 e. The molecule has 0 bridgehead atoms. The zero-order valence-corrected chi connectivity index (χ0v) is 18.4. The number of carbonyl (C=O) groups is 4. The van der Waals surface area contributed by atoms with Gasteiger partial charge in [-0.1, -0.05) is 24.3 Å². The predicted octanol–water partition coefficient (Wildman–Crippen LogP) is 2.91. The van der Waals surface area contributed by atoms with Gasteiger partial charge in [-0.15, -0.1) is 0 Å². The molecule has 1 heterocycles. The van der Waals surface area contributed by atoms with E-state index in [0.717, 1.165) is 35.3 Å². The lowest BCUT2D eigenvalue weighted by molar-refractivity contribution is -0.134. The van der Waals surface area contributed by atoms with Crippen molar-refractivity contribution in [3.8, 4) is 0 Å². The Morgan fingerprint density at radius 3 is 2.53 bits per heavy atom. The Bertz CT molecular complexity index is 1140. The number of nitrogens with one attached hydrogen (secondary N) is 3. The van der Waals surface area contributed by atoms with Gasteiger partial charge in [-0.05, 0) is 80.0 Å². The van der Waals surface area contributed by atoms with Gasteiger partial charge in [0.25, 0.3) is 5.91 Å². The molecule has 166 valence electrons. The Kier molecular flexibility index (Phi) is 5.46. The molecule has 1 aliphatic heterocycles. The maximum absolute atomic E-state index is 13.1. The minimum atomic E-state index is -1.25. The molecule has 3 N–H and O–H groups in total. The number of hydrogen-bond donors (Lipinski definition) is 3. The third-order valence-corrected chi connectivity index (χ3v) is 6.27. The lowest BCUT2D eigenvalue weighted by atomic mass is 9.89. The molecule has 4 rings (SSSR count). The van der Waals surface area contributed by atoms with Gasteiger partial charge in [-0.2, -0.15) is 0 Å². The van der Waals surface area contributed by atoms with E-state index in [9.17, 15) is 19.2 Å². The Morgan fingerprint density at radius 1 is 1.03 bits per heavy atom. The summed E-state index contributed by atoms with van der Waals surface area (Å²) >= 11 is 0. The molecule has 1 aliphatic carbocycles. The highest BCUT2D eigenvalue weighted by molar-refractivity contribution is 6.10. The fraction of sp³-hybridized carbons (Fsp3) is 0.333. The van der Waals surface area contributed by atoms with E-state index in [1.807, 2.05) is 38.1 Å². The summed E-state index contributed by atoms with van der Waals surface area (Å²) < 4.78 is 0. The molecule has 0 aromatic heterocycles. The van der Waals surface area contributed by atoms with Gasteiger partial charge in [-0.3, -0.25) is 19.8 Å². The molecule has 32 heavy (non-hydrogen) atoms. The monoisotopic (exact) mass is 434 g/mol. The van der Waals surface area contributed by atoms with E-state index >= 15 is 0 Å². The van der Waals surface area contributed by atoms with E-state index in [1.165, 1.54) is 11.1 Å². The van der Waals surface area contributed by atoms with Crippen molar-refractivity contribution < 1.29 is 19.2 Å². The van der Waals surface area contributed by atoms with Crippen molar-refractivity contribution >= 4 is 29.6 Å². The van der Waals surface area contributed by atoms with Crippen molar-refractivity contribution in [3.63, 3.8) is 0 Å². The summed E-state index contributed by atoms with van der Waals surface area (Å²) in [6.45, 7) is 4.95. The number of carbonyl (C=O) groups excluding carboxylic acids is 4. The van der Waals surface area contributed by atoms with Gasteiger partial charge in [0.2, 0.25) is 5.91 Å². The molecule has 0 radical (unpaired) electrons. The van der Waals surface area contributed by atoms with Crippen LogP contribution in [0, 0.1) is 13.8 Å². The molecule has 8 heteroatoms. The molecule has 2 aliphatic rings. The summed E-state index contributed by atoms with van der Waals surface area (Å²) in [5.74, 6) is -1.28. The van der Waals surface area contributed by atoms with E-state index in [0.29, 0.717) is 11.3 Å². The summed E-state index contributed by atoms with van der Waals surface area (Å²) in [5, 5.41) is 7.45. The van der Waals surface area contributed by atoms with Crippen LogP contribution in [0.4, 0.5) is 15.3 Å². The second-order valence-electron chi connectivity index (χ2n) is 8.58. The Morgan fingerprint density at radius 2 is 1.78 bits per heavy atom. The maximum atomic E-state index is 13.1. The number of hydrogen-bond acceptors (Lipinski definition) is 4. The molecule has 0 saturated carbocycles. The van der Waals surface area contributed by atoms with Crippen LogP contribution in [-0.4, -0.2) is 35.3 Å². The Hall–Kier alpha value is -3.68. The molecule has 2 aromatic rings. The molecule has 1 saturated heterocycles. The van der Waals surface area contributed by atoms with E-state index in [2.05, 4.69) is 16.0 Å². The van der Waals surface area contributed by atoms with Crippen LogP contribution < -0.4 is 16.0 Å². The summed E-state index contributed by atoms with van der Waals surface area (Å²) in [6, 6.07) is 9.79. The van der Waals surface area contributed by atoms with Gasteiger partial charge in [0.15, 0.2) is 0 Å². The van der Waals surface area contributed by atoms with Crippen LogP contribution >= 0.6 is 0 Å². The molecule has 1 fully saturated rings. The second kappa shape index (κ2) is 8.11. The van der Waals surface area contributed by atoms with Crippen LogP contribution in [0.25, 0.3) is 0 Å². The Balaban J connectivity index is 1.41. The van der Waals surface area contributed by atoms with E-state index in [-0.39, 0.29) is 0 Å². The third-order valence-electron chi connectivity index (χ3n) is 6.27. The van der Waals surface area contributed by atoms with Gasteiger partial charge < -0.3 is 10.6 Å². The van der Waals surface area contributed by atoms with Crippen LogP contribution in [0.1, 0.15) is 41.2 Å². The quantitative estimate of drug-likeness (QED) is 0.643. The molecule has 1 unspecified atom stereocenters. The van der Waals surface area contributed by atoms with Crippen molar-refractivity contribution in [2.45, 2.75) is 45.6 Å². The first kappa shape index (κ1) is 21.5. The van der Waals surface area contributed by atoms with E-state index in [4.69, 9.17) is 0 Å². The maximum Gasteiger partial charge on any atom is 0.325 e. The van der Waals surface area contributed by atoms with Gasteiger partial charge in [0.1, 0.15) is 12.1 Å². The van der Waals surface area contributed by atoms with Crippen molar-refractivity contribution in [3.05, 3.63) is 64.2 Å². The minimum absolute atomic E-state index is 0.523. The molecule has 0 spiro atoms. The number of fused-ring (bicyclic) bond motifs is 1. The number of aryl methyl sites for hydroxylation is 4. The first-order chi connectivity index (χ1) is 15.2. The molecule has 2 aromatic carbocycles. The van der Waals surface area contributed by atoms with E-state index in [1.54, 1.807) is 19.1 Å². The number of amides is 6. The molecule has 8 nitrogen and oxygen atoms in total. The summed E-state index contributed by atoms with van der Waals surface area (Å²) in [4.78, 5) is 51.0. The molecular weight excluding hydrogens is 408 g/mol. The summed E-state index contributed by atoms with van der Waals surface area (Å²) in [5.41, 5.74) is 4.50. The van der Waals surface area contributed by atoms with Gasteiger partial charge in [0.05, 0.1) is 0 Å². The zero-order chi connectivity index (χ0) is 23.0. The highest BCUT2D eigenvalue weighted by Crippen LogP contribution is 2.32. The standard InChI is InChI=1S/C24H26N4O4/c1-14-7-10-19(11-15(14)2)25-22(31)26-20(29)13-28-21(30)24(3,27-23(28)32)18-9-8-16-5-4-6-17(16)12-18/h7-12H,4-6,13H2,1-3H3,(H,27,32)(H2,25,26,29,31). The van der Waals surface area contributed by atoms with Crippen LogP contribution in [0.3, 0.4) is 0 Å². The SMILES string of the molecule is Cc1ccc(NC(=O)NC(=O)CN2C(=O)NC(C)(c3ccc4c(c3)CCC4)C2=O)cc1C. The van der Waals surface area contributed by atoms with Crippen molar-refractivity contribution in [2.75, 3.05) is 11.9 Å². The Labute approximate surface area is 186 Å². The molecule has 6 amide bonds. The average molecular weight is 434 g/mol. The fourth-order valence-electron chi connectivity index (χ4n) is 4.21. The van der Waals surface area contributed by atoms with Crippen LogP contribution in [0.5, 0.6) is 0 Å². The number of nitrogens with zero attached hydrogens (tertiary/aromatic N) is 1. The number of benzene rings is 2. The fourth-order valence-corrected chi connectivity index (χ4v) is 4.21. The number of anilines is 1. The first-order valence-corrected chi connectivity index (χ1v) is 10.6. The van der Waals surface area contributed by atoms with E-state index < -0.39 is 36.0 Å². The minimum Gasteiger partial charge on any atom is -0.319 e. The van der Waals surface area contributed by atoms with Crippen LogP contribution in [-0.2, 0) is 28.0 Å². The van der Waals surface area contributed by atoms with Crippen molar-refractivity contribution in [1.29, 1.82) is 0 Å². The van der Waals surface area contributed by atoms with Gasteiger partial charge in [0, 0.05) is 5.69 Å². The van der Waals surface area contributed by atoms with Crippen LogP contribution in [0.2, 0.25) is 0 Å². The normalized spacial score (nSPS) is 19.5. The highest BCUT2D eigenvalue weighted by atomic mass is 16.2. The molecule has 1 atom stereocenters. The number of imide groups is 2. The summed E-state index contributed by atoms with van der Waals surface area (Å²) in [6.07, 6.45) is 3.04. The van der Waals surface area contributed by atoms with Gasteiger partial charge in [-0.25, -0.2) is 9.59 Å². The third kappa shape index (κ3) is 3.95. The topological polar surface area (TPSA) is 108 Å². The van der Waals surface area contributed by atoms with Crippen LogP contribution in [0.15, 0.2) is 36.4 Å².